The lowest BCUT2D eigenvalue weighted by atomic mass is 9.48. The Labute approximate surface area is 119 Å². The van der Waals surface area contributed by atoms with Gasteiger partial charge in [-0.05, 0) is 85.5 Å². The molecule has 0 spiro atoms. The second kappa shape index (κ2) is 4.00. The van der Waals surface area contributed by atoms with E-state index in [1.54, 1.807) is 12.1 Å². The molecule has 0 radical (unpaired) electrons. The van der Waals surface area contributed by atoms with Crippen LogP contribution >= 0.6 is 0 Å². The maximum atomic E-state index is 11.3. The Morgan fingerprint density at radius 1 is 1.10 bits per heavy atom. The van der Waals surface area contributed by atoms with Gasteiger partial charge in [-0.25, -0.2) is 4.79 Å². The zero-order valence-electron chi connectivity index (χ0n) is 11.6. The Morgan fingerprint density at radius 3 is 2.15 bits per heavy atom. The summed E-state index contributed by atoms with van der Waals surface area (Å²) in [5.41, 5.74) is 8.68. The zero-order chi connectivity index (χ0) is 13.9. The van der Waals surface area contributed by atoms with E-state index >= 15 is 0 Å². The molecule has 5 rings (SSSR count). The standard InChI is InChI=1S/C17H21NO2/c18-15-2-1-13(16(19)20)6-14(15)17-7-10-3-11(8-17)5-12(4-10)9-17/h1-2,6,10-12H,3-5,7-9,18H2,(H,19,20). The van der Waals surface area contributed by atoms with Crippen LogP contribution in [0, 0.1) is 17.8 Å². The molecule has 0 amide bonds. The summed E-state index contributed by atoms with van der Waals surface area (Å²) in [6, 6.07) is 5.27. The molecule has 0 aromatic heterocycles. The van der Waals surface area contributed by atoms with Gasteiger partial charge in [0.1, 0.15) is 0 Å². The third kappa shape index (κ3) is 1.68. The van der Waals surface area contributed by atoms with E-state index in [1.165, 1.54) is 38.5 Å². The summed E-state index contributed by atoms with van der Waals surface area (Å²) >= 11 is 0. The first kappa shape index (κ1) is 12.2. The summed E-state index contributed by atoms with van der Waals surface area (Å²) in [5.74, 6) is 1.67. The van der Waals surface area contributed by atoms with Crippen LogP contribution in [0.4, 0.5) is 5.69 Å². The van der Waals surface area contributed by atoms with Gasteiger partial charge < -0.3 is 10.8 Å². The van der Waals surface area contributed by atoms with Gasteiger partial charge in [0.15, 0.2) is 0 Å². The highest BCUT2D eigenvalue weighted by Crippen LogP contribution is 2.61. The first-order valence-electron chi connectivity index (χ1n) is 7.69. The van der Waals surface area contributed by atoms with Gasteiger partial charge in [0.2, 0.25) is 0 Å². The van der Waals surface area contributed by atoms with E-state index in [2.05, 4.69) is 0 Å². The number of carboxylic acids is 1. The number of rotatable bonds is 2. The second-order valence-corrected chi connectivity index (χ2v) is 7.31. The lowest BCUT2D eigenvalue weighted by molar-refractivity contribution is -0.00486. The average molecular weight is 271 g/mol. The third-order valence-corrected chi connectivity index (χ3v) is 5.91. The lowest BCUT2D eigenvalue weighted by Crippen LogP contribution is -2.48. The summed E-state index contributed by atoms with van der Waals surface area (Å²) < 4.78 is 0. The molecule has 0 heterocycles. The number of nitrogen functional groups attached to an aromatic ring is 1. The van der Waals surface area contributed by atoms with Crippen molar-refractivity contribution in [3.8, 4) is 0 Å². The van der Waals surface area contributed by atoms with Crippen molar-refractivity contribution in [1.29, 1.82) is 0 Å². The van der Waals surface area contributed by atoms with Crippen LogP contribution in [0.2, 0.25) is 0 Å². The summed E-state index contributed by atoms with van der Waals surface area (Å²) in [5, 5.41) is 9.24. The lowest BCUT2D eigenvalue weighted by Gasteiger charge is -2.57. The summed E-state index contributed by atoms with van der Waals surface area (Å²) in [6.45, 7) is 0. The molecule has 1 aromatic carbocycles. The van der Waals surface area contributed by atoms with E-state index in [0.717, 1.165) is 29.0 Å². The smallest absolute Gasteiger partial charge is 0.335 e. The van der Waals surface area contributed by atoms with Crippen LogP contribution in [0.3, 0.4) is 0 Å². The van der Waals surface area contributed by atoms with Crippen molar-refractivity contribution >= 4 is 11.7 Å². The molecule has 106 valence electrons. The van der Waals surface area contributed by atoms with Crippen LogP contribution < -0.4 is 5.73 Å². The van der Waals surface area contributed by atoms with Crippen LogP contribution in [0.5, 0.6) is 0 Å². The van der Waals surface area contributed by atoms with Gasteiger partial charge in [-0.2, -0.15) is 0 Å². The van der Waals surface area contributed by atoms with Crippen molar-refractivity contribution in [2.75, 3.05) is 5.73 Å². The molecule has 4 aliphatic rings. The predicted molar refractivity (Wildman–Crippen MR) is 77.7 cm³/mol. The molecule has 0 unspecified atom stereocenters. The number of anilines is 1. The number of carboxylic acid groups (broad SMARTS) is 1. The van der Waals surface area contributed by atoms with Crippen LogP contribution in [0.25, 0.3) is 0 Å². The monoisotopic (exact) mass is 271 g/mol. The van der Waals surface area contributed by atoms with E-state index in [4.69, 9.17) is 5.73 Å². The summed E-state index contributed by atoms with van der Waals surface area (Å²) in [6.07, 6.45) is 7.80. The molecule has 3 heteroatoms. The average Bonchev–Trinajstić information content (AvgIpc) is 2.37. The van der Waals surface area contributed by atoms with Gasteiger partial charge in [-0.1, -0.05) is 0 Å². The summed E-state index contributed by atoms with van der Waals surface area (Å²) in [7, 11) is 0. The quantitative estimate of drug-likeness (QED) is 0.810. The number of hydrogen-bond acceptors (Lipinski definition) is 2. The minimum atomic E-state index is -0.851. The van der Waals surface area contributed by atoms with Gasteiger partial charge in [0.05, 0.1) is 5.56 Å². The SMILES string of the molecule is Nc1ccc(C(=O)O)cc1C12CC3CC(CC(C3)C1)C2. The Hall–Kier alpha value is -1.51. The molecule has 0 saturated heterocycles. The molecule has 3 N–H and O–H groups in total. The zero-order valence-corrected chi connectivity index (χ0v) is 11.6. The van der Waals surface area contributed by atoms with Gasteiger partial charge in [-0.15, -0.1) is 0 Å². The Kier molecular flexibility index (Phi) is 2.45. The fourth-order valence-corrected chi connectivity index (χ4v) is 5.59. The fourth-order valence-electron chi connectivity index (χ4n) is 5.59. The van der Waals surface area contributed by atoms with E-state index < -0.39 is 5.97 Å². The maximum Gasteiger partial charge on any atom is 0.335 e. The van der Waals surface area contributed by atoms with Crippen molar-refractivity contribution in [2.45, 2.75) is 43.9 Å². The molecule has 20 heavy (non-hydrogen) atoms. The van der Waals surface area contributed by atoms with Crippen LogP contribution in [-0.4, -0.2) is 11.1 Å². The number of nitrogens with two attached hydrogens (primary N) is 1. The van der Waals surface area contributed by atoms with E-state index in [1.807, 2.05) is 6.07 Å². The molecule has 4 saturated carbocycles. The van der Waals surface area contributed by atoms with Crippen LogP contribution in [-0.2, 0) is 5.41 Å². The highest BCUT2D eigenvalue weighted by atomic mass is 16.4. The Morgan fingerprint density at radius 2 is 1.65 bits per heavy atom. The number of aromatic carboxylic acids is 1. The first-order valence-corrected chi connectivity index (χ1v) is 7.69. The fraction of sp³-hybridized carbons (Fsp3) is 0.588. The minimum absolute atomic E-state index is 0.171. The minimum Gasteiger partial charge on any atom is -0.478 e. The third-order valence-electron chi connectivity index (χ3n) is 5.91. The molecular formula is C17H21NO2. The normalized spacial score (nSPS) is 38.1. The summed E-state index contributed by atoms with van der Waals surface area (Å²) in [4.78, 5) is 11.3. The molecule has 4 bridgehead atoms. The van der Waals surface area contributed by atoms with E-state index in [0.29, 0.717) is 5.56 Å². The molecule has 0 atom stereocenters. The van der Waals surface area contributed by atoms with Crippen molar-refractivity contribution in [3.05, 3.63) is 29.3 Å². The van der Waals surface area contributed by atoms with Crippen LogP contribution in [0.15, 0.2) is 18.2 Å². The number of carbonyl (C=O) groups is 1. The highest BCUT2D eigenvalue weighted by molar-refractivity contribution is 5.88. The largest absolute Gasteiger partial charge is 0.478 e. The molecule has 4 fully saturated rings. The van der Waals surface area contributed by atoms with Gasteiger partial charge in [0, 0.05) is 5.69 Å². The van der Waals surface area contributed by atoms with E-state index in [-0.39, 0.29) is 5.41 Å². The van der Waals surface area contributed by atoms with Crippen molar-refractivity contribution in [3.63, 3.8) is 0 Å². The molecule has 3 nitrogen and oxygen atoms in total. The topological polar surface area (TPSA) is 63.3 Å². The number of benzene rings is 1. The first-order chi connectivity index (χ1) is 9.56. The molecule has 1 aromatic rings. The van der Waals surface area contributed by atoms with E-state index in [9.17, 15) is 9.90 Å². The molecule has 4 aliphatic carbocycles. The Bertz CT molecular complexity index is 543. The predicted octanol–water partition coefficient (Wildman–Crippen LogP) is 3.43. The second-order valence-electron chi connectivity index (χ2n) is 7.31. The van der Waals surface area contributed by atoms with Gasteiger partial charge >= 0.3 is 5.97 Å². The van der Waals surface area contributed by atoms with Gasteiger partial charge in [0.25, 0.3) is 0 Å². The molecule has 0 aliphatic heterocycles. The van der Waals surface area contributed by atoms with Crippen molar-refractivity contribution < 1.29 is 9.90 Å². The number of hydrogen-bond donors (Lipinski definition) is 2. The van der Waals surface area contributed by atoms with Crippen LogP contribution in [0.1, 0.15) is 54.4 Å². The highest BCUT2D eigenvalue weighted by Gasteiger charge is 2.52. The van der Waals surface area contributed by atoms with Gasteiger partial charge in [-0.3, -0.25) is 0 Å². The molecular weight excluding hydrogens is 250 g/mol. The van der Waals surface area contributed by atoms with Crippen molar-refractivity contribution in [1.82, 2.24) is 0 Å². The Balaban J connectivity index is 1.80. The maximum absolute atomic E-state index is 11.3. The van der Waals surface area contributed by atoms with Crippen molar-refractivity contribution in [2.24, 2.45) is 17.8 Å².